The van der Waals surface area contributed by atoms with Crippen LogP contribution in [0.5, 0.6) is 0 Å². The van der Waals surface area contributed by atoms with Crippen molar-refractivity contribution in [1.29, 1.82) is 0 Å². The average molecular weight is 269 g/mol. The zero-order valence-electron chi connectivity index (χ0n) is 9.40. The maximum Gasteiger partial charge on any atom is 0.224 e. The number of halogens is 1. The number of nitrogens with two attached hydrogens (primary N) is 1. The fourth-order valence-electron chi connectivity index (χ4n) is 1.44. The molecule has 4 nitrogen and oxygen atoms in total. The molecule has 0 atom stereocenters. The van der Waals surface area contributed by atoms with Crippen LogP contribution in [0.3, 0.4) is 0 Å². The summed E-state index contributed by atoms with van der Waals surface area (Å²) in [6.07, 6.45) is 0.934. The van der Waals surface area contributed by atoms with Gasteiger partial charge in [0.05, 0.1) is 11.4 Å². The van der Waals surface area contributed by atoms with Crippen LogP contribution < -0.4 is 11.1 Å². The van der Waals surface area contributed by atoms with Crippen LogP contribution in [0.25, 0.3) is 0 Å². The second-order valence-corrected chi connectivity index (χ2v) is 4.77. The van der Waals surface area contributed by atoms with Gasteiger partial charge in [0.2, 0.25) is 5.28 Å². The highest BCUT2D eigenvalue weighted by Gasteiger charge is 2.06. The number of rotatable bonds is 4. The van der Waals surface area contributed by atoms with E-state index in [0.29, 0.717) is 17.2 Å². The Labute approximate surface area is 109 Å². The molecule has 6 heteroatoms. The molecule has 0 fully saturated rings. The molecule has 0 saturated heterocycles. The van der Waals surface area contributed by atoms with Crippen LogP contribution in [0.4, 0.5) is 11.5 Å². The number of anilines is 2. The minimum atomic E-state index is 0.217. The largest absolute Gasteiger partial charge is 0.394 e. The maximum atomic E-state index is 5.87. The van der Waals surface area contributed by atoms with Gasteiger partial charge in [-0.1, -0.05) is 0 Å². The third-order valence-electron chi connectivity index (χ3n) is 2.40. The first kappa shape index (κ1) is 12.1. The van der Waals surface area contributed by atoms with Crippen LogP contribution in [-0.2, 0) is 6.42 Å². The SMILES string of the molecule is Cc1nc(Cl)nc(NCCc2ccsc2)c1N. The standard InChI is InChI=1S/C11H13ClN4S/c1-7-9(13)10(16-11(12)15-7)14-4-2-8-3-5-17-6-8/h3,5-6H,2,4,13H2,1H3,(H,14,15,16). The van der Waals surface area contributed by atoms with Gasteiger partial charge in [-0.25, -0.2) is 4.98 Å². The summed E-state index contributed by atoms with van der Waals surface area (Å²) in [5.41, 5.74) is 8.42. The summed E-state index contributed by atoms with van der Waals surface area (Å²) in [4.78, 5) is 8.06. The van der Waals surface area contributed by atoms with E-state index in [1.165, 1.54) is 5.56 Å². The number of aryl methyl sites for hydroxylation is 1. The van der Waals surface area contributed by atoms with E-state index in [2.05, 4.69) is 32.1 Å². The predicted octanol–water partition coefficient (Wildman–Crippen LogP) is 2.74. The first-order chi connectivity index (χ1) is 8.16. The monoisotopic (exact) mass is 268 g/mol. The number of nitrogens with one attached hydrogen (secondary N) is 1. The van der Waals surface area contributed by atoms with Crippen LogP contribution in [0, 0.1) is 6.92 Å². The molecule has 0 aromatic carbocycles. The number of aromatic nitrogens is 2. The van der Waals surface area contributed by atoms with Crippen LogP contribution in [0.15, 0.2) is 16.8 Å². The molecule has 0 aliphatic heterocycles. The summed E-state index contributed by atoms with van der Waals surface area (Å²) in [5.74, 6) is 0.609. The lowest BCUT2D eigenvalue weighted by Gasteiger charge is -2.09. The zero-order valence-corrected chi connectivity index (χ0v) is 11.0. The molecule has 2 rings (SSSR count). The molecule has 0 saturated carbocycles. The summed E-state index contributed by atoms with van der Waals surface area (Å²) in [7, 11) is 0. The summed E-state index contributed by atoms with van der Waals surface area (Å²) in [5, 5.41) is 7.59. The highest BCUT2D eigenvalue weighted by Crippen LogP contribution is 2.20. The third kappa shape index (κ3) is 3.08. The van der Waals surface area contributed by atoms with Gasteiger partial charge < -0.3 is 11.1 Å². The molecular formula is C11H13ClN4S. The number of hydrogen-bond acceptors (Lipinski definition) is 5. The van der Waals surface area contributed by atoms with Gasteiger partial charge in [-0.3, -0.25) is 0 Å². The molecule has 3 N–H and O–H groups in total. The van der Waals surface area contributed by atoms with Gasteiger partial charge in [-0.15, -0.1) is 0 Å². The first-order valence-electron chi connectivity index (χ1n) is 5.21. The van der Waals surface area contributed by atoms with Gasteiger partial charge >= 0.3 is 0 Å². The lowest BCUT2D eigenvalue weighted by molar-refractivity contribution is 1.00. The normalized spacial score (nSPS) is 10.5. The molecule has 0 aliphatic carbocycles. The minimum absolute atomic E-state index is 0.217. The Balaban J connectivity index is 1.99. The van der Waals surface area contributed by atoms with Crippen molar-refractivity contribution in [1.82, 2.24) is 9.97 Å². The van der Waals surface area contributed by atoms with E-state index >= 15 is 0 Å². The lowest BCUT2D eigenvalue weighted by Crippen LogP contribution is -2.10. The Morgan fingerprint density at radius 1 is 1.47 bits per heavy atom. The second-order valence-electron chi connectivity index (χ2n) is 3.65. The second kappa shape index (κ2) is 5.33. The minimum Gasteiger partial charge on any atom is -0.394 e. The first-order valence-corrected chi connectivity index (χ1v) is 6.53. The van der Waals surface area contributed by atoms with Gasteiger partial charge in [0, 0.05) is 6.54 Å². The fraction of sp³-hybridized carbons (Fsp3) is 0.273. The van der Waals surface area contributed by atoms with Crippen molar-refractivity contribution < 1.29 is 0 Å². The van der Waals surface area contributed by atoms with Crippen molar-refractivity contribution >= 4 is 34.4 Å². The van der Waals surface area contributed by atoms with Gasteiger partial charge in [0.15, 0.2) is 5.82 Å². The Bertz CT molecular complexity index is 498. The van der Waals surface area contributed by atoms with Crippen molar-refractivity contribution in [2.24, 2.45) is 0 Å². The van der Waals surface area contributed by atoms with Crippen molar-refractivity contribution in [2.75, 3.05) is 17.6 Å². The van der Waals surface area contributed by atoms with Gasteiger partial charge in [0.1, 0.15) is 0 Å². The topological polar surface area (TPSA) is 63.8 Å². The summed E-state index contributed by atoms with van der Waals surface area (Å²) in [6.45, 7) is 2.58. The molecule has 0 unspecified atom stereocenters. The van der Waals surface area contributed by atoms with E-state index < -0.39 is 0 Å². The molecule has 0 amide bonds. The number of nitrogens with zero attached hydrogens (tertiary/aromatic N) is 2. The maximum absolute atomic E-state index is 5.87. The number of hydrogen-bond donors (Lipinski definition) is 2. The summed E-state index contributed by atoms with van der Waals surface area (Å²) in [6, 6.07) is 2.11. The summed E-state index contributed by atoms with van der Waals surface area (Å²) < 4.78 is 0. The van der Waals surface area contributed by atoms with Crippen LogP contribution in [0.2, 0.25) is 5.28 Å². The molecule has 0 radical (unpaired) electrons. The van der Waals surface area contributed by atoms with Crippen LogP contribution in [0.1, 0.15) is 11.3 Å². The van der Waals surface area contributed by atoms with E-state index in [9.17, 15) is 0 Å². The summed E-state index contributed by atoms with van der Waals surface area (Å²) >= 11 is 7.48. The molecule has 17 heavy (non-hydrogen) atoms. The van der Waals surface area contributed by atoms with Crippen molar-refractivity contribution in [3.63, 3.8) is 0 Å². The van der Waals surface area contributed by atoms with Crippen LogP contribution >= 0.6 is 22.9 Å². The van der Waals surface area contributed by atoms with Crippen molar-refractivity contribution in [3.8, 4) is 0 Å². The highest BCUT2D eigenvalue weighted by atomic mass is 35.5. The zero-order chi connectivity index (χ0) is 12.3. The molecule has 2 heterocycles. The number of thiophene rings is 1. The lowest BCUT2D eigenvalue weighted by atomic mass is 10.2. The molecular weight excluding hydrogens is 256 g/mol. The van der Waals surface area contributed by atoms with E-state index in [4.69, 9.17) is 17.3 Å². The predicted molar refractivity (Wildman–Crippen MR) is 72.7 cm³/mol. The molecule has 90 valence electrons. The molecule has 2 aromatic rings. The Hall–Kier alpha value is -1.33. The van der Waals surface area contributed by atoms with Gasteiger partial charge in [-0.05, 0) is 47.3 Å². The third-order valence-corrected chi connectivity index (χ3v) is 3.30. The van der Waals surface area contributed by atoms with Gasteiger partial charge in [0.25, 0.3) is 0 Å². The van der Waals surface area contributed by atoms with E-state index in [1.807, 2.05) is 6.92 Å². The molecule has 0 bridgehead atoms. The highest BCUT2D eigenvalue weighted by molar-refractivity contribution is 7.07. The fourth-order valence-corrected chi connectivity index (χ4v) is 2.36. The van der Waals surface area contributed by atoms with Crippen molar-refractivity contribution in [3.05, 3.63) is 33.4 Å². The quantitative estimate of drug-likeness (QED) is 0.837. The Morgan fingerprint density at radius 3 is 3.00 bits per heavy atom. The number of nitrogen functional groups attached to an aromatic ring is 1. The molecule has 0 aliphatic rings. The van der Waals surface area contributed by atoms with E-state index in [-0.39, 0.29) is 5.28 Å². The average Bonchev–Trinajstić information content (AvgIpc) is 2.78. The van der Waals surface area contributed by atoms with Crippen molar-refractivity contribution in [2.45, 2.75) is 13.3 Å². The molecule has 0 spiro atoms. The molecule has 2 aromatic heterocycles. The Morgan fingerprint density at radius 2 is 2.29 bits per heavy atom. The Kier molecular flexibility index (Phi) is 3.81. The van der Waals surface area contributed by atoms with E-state index in [1.54, 1.807) is 11.3 Å². The smallest absolute Gasteiger partial charge is 0.224 e. The van der Waals surface area contributed by atoms with Gasteiger partial charge in [-0.2, -0.15) is 16.3 Å². The van der Waals surface area contributed by atoms with Crippen LogP contribution in [-0.4, -0.2) is 16.5 Å². The van der Waals surface area contributed by atoms with E-state index in [0.717, 1.165) is 13.0 Å².